The Morgan fingerprint density at radius 1 is 1.48 bits per heavy atom. The Balaban J connectivity index is 1.75. The molecule has 0 atom stereocenters. The molecule has 3 aromatic rings. The van der Waals surface area contributed by atoms with Gasteiger partial charge < -0.3 is 5.73 Å². The van der Waals surface area contributed by atoms with Gasteiger partial charge in [-0.2, -0.15) is 9.78 Å². The van der Waals surface area contributed by atoms with Crippen LogP contribution in [0.1, 0.15) is 17.0 Å². The van der Waals surface area contributed by atoms with Crippen molar-refractivity contribution >= 4 is 17.7 Å². The second-order valence-electron chi connectivity index (χ2n) is 4.54. The number of nitrogens with two attached hydrogens (primary N) is 1. The van der Waals surface area contributed by atoms with Crippen molar-refractivity contribution < 1.29 is 4.63 Å². The molecule has 3 N–H and O–H groups in total. The molecule has 0 aromatic carbocycles. The van der Waals surface area contributed by atoms with Crippen molar-refractivity contribution in [2.75, 3.05) is 5.73 Å². The monoisotopic (exact) mass is 311 g/mol. The molecule has 0 radical (unpaired) electrons. The second kappa shape index (κ2) is 6.05. The smallest absolute Gasteiger partial charge is 0.243 e. The molecule has 0 aliphatic carbocycles. The fraction of sp³-hybridized carbons (Fsp3) is 0.0769. The number of hydrogen-bond donors (Lipinski definition) is 2. The molecule has 0 amide bonds. The first-order chi connectivity index (χ1) is 11.2. The van der Waals surface area contributed by atoms with Crippen LogP contribution >= 0.6 is 0 Å². The molecule has 0 fully saturated rings. The maximum absolute atomic E-state index is 5.65. The third-order valence-electron chi connectivity index (χ3n) is 2.97. The summed E-state index contributed by atoms with van der Waals surface area (Å²) in [5.74, 6) is 0.394. The number of hydrogen-bond acceptors (Lipinski definition) is 9. The number of nitrogens with one attached hydrogen (secondary N) is 1. The van der Waals surface area contributed by atoms with E-state index in [1.54, 1.807) is 25.5 Å². The van der Waals surface area contributed by atoms with Gasteiger partial charge in [0.05, 0.1) is 17.6 Å². The van der Waals surface area contributed by atoms with Crippen LogP contribution in [0, 0.1) is 6.92 Å². The van der Waals surface area contributed by atoms with Crippen molar-refractivity contribution in [2.45, 2.75) is 6.92 Å². The van der Waals surface area contributed by atoms with E-state index in [1.165, 1.54) is 4.68 Å². The molecule has 3 aromatic heterocycles. The van der Waals surface area contributed by atoms with E-state index in [0.29, 0.717) is 17.1 Å². The maximum Gasteiger partial charge on any atom is 0.243 e. The van der Waals surface area contributed by atoms with Crippen LogP contribution in [-0.2, 0) is 0 Å². The van der Waals surface area contributed by atoms with E-state index in [4.69, 9.17) is 5.73 Å². The molecule has 0 saturated carbocycles. The van der Waals surface area contributed by atoms with Crippen molar-refractivity contribution in [1.82, 2.24) is 35.7 Å². The largest absolute Gasteiger partial charge is 0.378 e. The maximum atomic E-state index is 5.65. The van der Waals surface area contributed by atoms with Crippen LogP contribution in [0.2, 0.25) is 0 Å². The topological polar surface area (TPSA) is 133 Å². The van der Waals surface area contributed by atoms with Gasteiger partial charge in [-0.15, -0.1) is 5.10 Å². The summed E-state index contributed by atoms with van der Waals surface area (Å²) in [6.07, 6.45) is 5.00. The number of aromatic nitrogens is 6. The average Bonchev–Trinajstić information content (AvgIpc) is 3.14. The third-order valence-corrected chi connectivity index (χ3v) is 2.97. The van der Waals surface area contributed by atoms with Gasteiger partial charge in [0.25, 0.3) is 0 Å². The average molecular weight is 311 g/mol. The normalized spacial score (nSPS) is 11.0. The Kier molecular flexibility index (Phi) is 3.78. The van der Waals surface area contributed by atoms with Gasteiger partial charge in [-0.25, -0.2) is 4.63 Å². The lowest BCUT2D eigenvalue weighted by Crippen LogP contribution is -2.07. The van der Waals surface area contributed by atoms with Crippen LogP contribution in [0.15, 0.2) is 40.8 Å². The Labute approximate surface area is 130 Å². The second-order valence-corrected chi connectivity index (χ2v) is 4.54. The molecule has 23 heavy (non-hydrogen) atoms. The molecular formula is C13H13N9O. The fourth-order valence-corrected chi connectivity index (χ4v) is 1.84. The van der Waals surface area contributed by atoms with Gasteiger partial charge in [-0.05, 0) is 23.3 Å². The summed E-state index contributed by atoms with van der Waals surface area (Å²) in [7, 11) is 0. The minimum atomic E-state index is 0.123. The van der Waals surface area contributed by atoms with Crippen LogP contribution in [-0.4, -0.2) is 36.5 Å². The van der Waals surface area contributed by atoms with Gasteiger partial charge in [0, 0.05) is 18.0 Å². The van der Waals surface area contributed by atoms with Gasteiger partial charge in [-0.1, -0.05) is 17.9 Å². The van der Waals surface area contributed by atoms with Crippen molar-refractivity contribution in [1.29, 1.82) is 0 Å². The zero-order valence-electron chi connectivity index (χ0n) is 12.2. The number of hydrazone groups is 1. The van der Waals surface area contributed by atoms with Crippen LogP contribution in [0.4, 0.5) is 5.82 Å². The molecule has 0 bridgehead atoms. The number of nitrogen functional groups attached to an aromatic ring is 1. The summed E-state index contributed by atoms with van der Waals surface area (Å²) >= 11 is 0. The summed E-state index contributed by atoms with van der Waals surface area (Å²) in [6.45, 7) is 5.68. The van der Waals surface area contributed by atoms with Gasteiger partial charge in [0.15, 0.2) is 0 Å². The zero-order valence-corrected chi connectivity index (χ0v) is 12.2. The van der Waals surface area contributed by atoms with Crippen LogP contribution in [0.5, 0.6) is 0 Å². The quantitative estimate of drug-likeness (QED) is 0.515. The molecule has 0 aliphatic rings. The highest BCUT2D eigenvalue weighted by Gasteiger charge is 2.17. The third kappa shape index (κ3) is 2.90. The molecule has 0 saturated heterocycles. The molecular weight excluding hydrogens is 298 g/mol. The number of rotatable bonds is 5. The molecule has 0 unspecified atom stereocenters. The van der Waals surface area contributed by atoms with Crippen LogP contribution in [0.25, 0.3) is 11.5 Å². The lowest BCUT2D eigenvalue weighted by atomic mass is 10.3. The van der Waals surface area contributed by atoms with E-state index in [-0.39, 0.29) is 11.6 Å². The van der Waals surface area contributed by atoms with Crippen LogP contribution in [0.3, 0.4) is 0 Å². The Morgan fingerprint density at radius 3 is 3.04 bits per heavy atom. The zero-order chi connectivity index (χ0) is 16.2. The summed E-state index contributed by atoms with van der Waals surface area (Å²) in [5.41, 5.74) is 11.0. The highest BCUT2D eigenvalue weighted by atomic mass is 16.6. The van der Waals surface area contributed by atoms with E-state index in [1.807, 2.05) is 12.1 Å². The van der Waals surface area contributed by atoms with E-state index in [2.05, 4.69) is 47.3 Å². The Morgan fingerprint density at radius 2 is 2.35 bits per heavy atom. The lowest BCUT2D eigenvalue weighted by molar-refractivity contribution is 0.306. The first kappa shape index (κ1) is 14.4. The Hall–Kier alpha value is -3.56. The van der Waals surface area contributed by atoms with E-state index >= 15 is 0 Å². The Bertz CT molecular complexity index is 849. The highest BCUT2D eigenvalue weighted by Crippen LogP contribution is 2.17. The minimum absolute atomic E-state index is 0.123. The highest BCUT2D eigenvalue weighted by molar-refractivity contribution is 5.79. The molecule has 3 heterocycles. The van der Waals surface area contributed by atoms with E-state index in [0.717, 1.165) is 5.56 Å². The molecule has 0 spiro atoms. The fourth-order valence-electron chi connectivity index (χ4n) is 1.84. The molecule has 3 rings (SSSR count). The van der Waals surface area contributed by atoms with Gasteiger partial charge in [0.2, 0.25) is 11.6 Å². The van der Waals surface area contributed by atoms with Crippen molar-refractivity contribution in [2.24, 2.45) is 5.10 Å². The SMILES string of the molecule is C=C(NN=Cc1cccnc1)c1nnn(-c2nonc2N)c1C. The first-order valence-electron chi connectivity index (χ1n) is 6.56. The molecule has 116 valence electrons. The number of nitrogens with zero attached hydrogens (tertiary/aromatic N) is 7. The van der Waals surface area contributed by atoms with E-state index < -0.39 is 0 Å². The van der Waals surface area contributed by atoms with Crippen LogP contribution < -0.4 is 11.2 Å². The lowest BCUT2D eigenvalue weighted by Gasteiger charge is -2.02. The predicted molar refractivity (Wildman–Crippen MR) is 82.4 cm³/mol. The summed E-state index contributed by atoms with van der Waals surface area (Å²) in [5, 5.41) is 19.3. The summed E-state index contributed by atoms with van der Waals surface area (Å²) < 4.78 is 5.97. The van der Waals surface area contributed by atoms with Crippen molar-refractivity contribution in [3.8, 4) is 5.82 Å². The van der Waals surface area contributed by atoms with E-state index in [9.17, 15) is 0 Å². The summed E-state index contributed by atoms with van der Waals surface area (Å²) in [4.78, 5) is 3.99. The van der Waals surface area contributed by atoms with Crippen molar-refractivity contribution in [3.63, 3.8) is 0 Å². The van der Waals surface area contributed by atoms with Gasteiger partial charge in [-0.3, -0.25) is 10.4 Å². The number of anilines is 1. The molecule has 10 nitrogen and oxygen atoms in total. The standard InChI is InChI=1S/C13H13N9O/c1-8(17-16-7-10-4-3-5-15-6-10)11-9(2)22(21-18-11)13-12(14)19-23-20-13/h3-7,17H,1H2,2H3,(H2,14,19). The molecule has 0 aliphatic heterocycles. The van der Waals surface area contributed by atoms with Crippen molar-refractivity contribution in [3.05, 3.63) is 48.1 Å². The van der Waals surface area contributed by atoms with Gasteiger partial charge >= 0.3 is 0 Å². The first-order valence-corrected chi connectivity index (χ1v) is 6.56. The minimum Gasteiger partial charge on any atom is -0.378 e. The summed E-state index contributed by atoms with van der Waals surface area (Å²) in [6, 6.07) is 3.70. The van der Waals surface area contributed by atoms with Gasteiger partial charge in [0.1, 0.15) is 5.69 Å². The molecule has 10 heteroatoms. The number of pyridine rings is 1. The predicted octanol–water partition coefficient (Wildman–Crippen LogP) is 0.530.